The van der Waals surface area contributed by atoms with E-state index in [9.17, 15) is 4.79 Å². The molecule has 158 valence electrons. The van der Waals surface area contributed by atoms with Crippen molar-refractivity contribution in [1.29, 1.82) is 0 Å². The van der Waals surface area contributed by atoms with E-state index in [0.717, 1.165) is 22.2 Å². The van der Waals surface area contributed by atoms with Crippen LogP contribution in [0.2, 0.25) is 0 Å². The second-order valence-electron chi connectivity index (χ2n) is 7.68. The van der Waals surface area contributed by atoms with Crippen molar-refractivity contribution in [2.45, 2.75) is 19.4 Å². The van der Waals surface area contributed by atoms with Gasteiger partial charge in [-0.3, -0.25) is 4.79 Å². The summed E-state index contributed by atoms with van der Waals surface area (Å²) in [7, 11) is 0. The van der Waals surface area contributed by atoms with Gasteiger partial charge in [-0.15, -0.1) is 0 Å². The topological polar surface area (TPSA) is 83.8 Å². The number of hydrogen-bond donors (Lipinski definition) is 2. The van der Waals surface area contributed by atoms with Crippen LogP contribution in [-0.2, 0) is 6.42 Å². The van der Waals surface area contributed by atoms with Crippen LogP contribution in [0.3, 0.4) is 0 Å². The minimum Gasteiger partial charge on any atom is -0.360 e. The number of aromatic nitrogens is 3. The predicted octanol–water partition coefficient (Wildman–Crippen LogP) is 5.24. The van der Waals surface area contributed by atoms with Crippen molar-refractivity contribution in [3.05, 3.63) is 108 Å². The summed E-state index contributed by atoms with van der Waals surface area (Å²) in [5, 5.41) is 7.31. The van der Waals surface area contributed by atoms with Gasteiger partial charge in [-0.05, 0) is 31.0 Å². The van der Waals surface area contributed by atoms with Crippen molar-refractivity contribution in [1.82, 2.24) is 20.4 Å². The lowest BCUT2D eigenvalue weighted by Gasteiger charge is -2.17. The average molecular weight is 422 g/mol. The van der Waals surface area contributed by atoms with E-state index in [1.165, 1.54) is 0 Å². The van der Waals surface area contributed by atoms with Crippen molar-refractivity contribution in [2.75, 3.05) is 0 Å². The van der Waals surface area contributed by atoms with Crippen LogP contribution in [0.4, 0.5) is 0 Å². The van der Waals surface area contributed by atoms with Gasteiger partial charge in [-0.1, -0.05) is 78.0 Å². The van der Waals surface area contributed by atoms with Gasteiger partial charge in [0, 0.05) is 5.56 Å². The summed E-state index contributed by atoms with van der Waals surface area (Å²) in [6, 6.07) is 27.1. The van der Waals surface area contributed by atoms with Crippen LogP contribution in [0.5, 0.6) is 0 Å². The molecule has 5 rings (SSSR count). The SMILES string of the molecule is Cc1onc(-c2ccccc2)c1C(=O)NC(Cc1ccccc1)c1nc2ccccc2[nH]1. The highest BCUT2D eigenvalue weighted by atomic mass is 16.5. The van der Waals surface area contributed by atoms with Crippen LogP contribution in [-0.4, -0.2) is 21.0 Å². The van der Waals surface area contributed by atoms with Gasteiger partial charge in [-0.2, -0.15) is 0 Å². The molecule has 0 saturated carbocycles. The lowest BCUT2D eigenvalue weighted by Crippen LogP contribution is -2.31. The maximum Gasteiger partial charge on any atom is 0.257 e. The van der Waals surface area contributed by atoms with Crippen molar-refractivity contribution < 1.29 is 9.32 Å². The molecule has 2 aromatic heterocycles. The first-order valence-electron chi connectivity index (χ1n) is 10.5. The second-order valence-corrected chi connectivity index (χ2v) is 7.68. The van der Waals surface area contributed by atoms with Gasteiger partial charge in [0.2, 0.25) is 0 Å². The number of para-hydroxylation sites is 2. The quantitative estimate of drug-likeness (QED) is 0.392. The van der Waals surface area contributed by atoms with Crippen molar-refractivity contribution >= 4 is 16.9 Å². The second kappa shape index (κ2) is 8.51. The van der Waals surface area contributed by atoms with E-state index >= 15 is 0 Å². The standard InChI is InChI=1S/C26H22N4O2/c1-17-23(24(30-32-17)19-12-6-3-7-13-19)26(31)29-22(16-18-10-4-2-5-11-18)25-27-20-14-8-9-15-21(20)28-25/h2-15,22H,16H2,1H3,(H,27,28)(H,29,31). The molecule has 0 spiro atoms. The molecule has 3 aromatic carbocycles. The largest absolute Gasteiger partial charge is 0.360 e. The Morgan fingerprint density at radius 3 is 2.41 bits per heavy atom. The first-order valence-corrected chi connectivity index (χ1v) is 10.5. The average Bonchev–Trinajstić information content (AvgIpc) is 3.43. The lowest BCUT2D eigenvalue weighted by molar-refractivity contribution is 0.0934. The Bertz CT molecular complexity index is 1320. The summed E-state index contributed by atoms with van der Waals surface area (Å²) in [6.45, 7) is 1.75. The summed E-state index contributed by atoms with van der Waals surface area (Å²) in [5.41, 5.74) is 4.69. The maximum absolute atomic E-state index is 13.5. The number of imidazole rings is 1. The number of aryl methyl sites for hydroxylation is 1. The molecule has 0 bridgehead atoms. The third-order valence-corrected chi connectivity index (χ3v) is 5.46. The van der Waals surface area contributed by atoms with E-state index < -0.39 is 0 Å². The smallest absolute Gasteiger partial charge is 0.257 e. The molecule has 1 amide bonds. The highest BCUT2D eigenvalue weighted by Gasteiger charge is 2.26. The van der Waals surface area contributed by atoms with Crippen molar-refractivity contribution in [3.8, 4) is 11.3 Å². The zero-order chi connectivity index (χ0) is 21.9. The molecule has 1 atom stereocenters. The number of carbonyl (C=O) groups is 1. The first-order chi connectivity index (χ1) is 15.7. The van der Waals surface area contributed by atoms with Gasteiger partial charge >= 0.3 is 0 Å². The molecular weight excluding hydrogens is 400 g/mol. The Morgan fingerprint density at radius 2 is 1.66 bits per heavy atom. The Kier molecular flexibility index (Phi) is 5.25. The van der Waals surface area contributed by atoms with Gasteiger partial charge in [0.25, 0.3) is 5.91 Å². The molecule has 1 unspecified atom stereocenters. The normalized spacial score (nSPS) is 12.0. The van der Waals surface area contributed by atoms with Crippen molar-refractivity contribution in [2.24, 2.45) is 0 Å². The number of H-pyrrole nitrogens is 1. The number of nitrogens with zero attached hydrogens (tertiary/aromatic N) is 2. The van der Waals surface area contributed by atoms with Crippen LogP contribution in [0.25, 0.3) is 22.3 Å². The zero-order valence-electron chi connectivity index (χ0n) is 17.6. The molecule has 6 nitrogen and oxygen atoms in total. The van der Waals surface area contributed by atoms with Gasteiger partial charge in [-0.25, -0.2) is 4.98 Å². The molecule has 0 radical (unpaired) electrons. The molecule has 0 aliphatic heterocycles. The maximum atomic E-state index is 13.5. The number of carbonyl (C=O) groups excluding carboxylic acids is 1. The van der Waals surface area contributed by atoms with E-state index in [1.807, 2.05) is 84.9 Å². The van der Waals surface area contributed by atoms with E-state index in [-0.39, 0.29) is 11.9 Å². The fourth-order valence-electron chi connectivity index (χ4n) is 3.87. The van der Waals surface area contributed by atoms with E-state index in [1.54, 1.807) is 6.92 Å². The lowest BCUT2D eigenvalue weighted by atomic mass is 10.0. The third kappa shape index (κ3) is 3.90. The van der Waals surface area contributed by atoms with Crippen LogP contribution >= 0.6 is 0 Å². The monoisotopic (exact) mass is 422 g/mol. The van der Waals surface area contributed by atoms with Gasteiger partial charge in [0.05, 0.1) is 17.1 Å². The van der Waals surface area contributed by atoms with Crippen LogP contribution < -0.4 is 5.32 Å². The van der Waals surface area contributed by atoms with Gasteiger partial charge < -0.3 is 14.8 Å². The van der Waals surface area contributed by atoms with E-state index in [2.05, 4.69) is 15.5 Å². The highest BCUT2D eigenvalue weighted by molar-refractivity contribution is 6.01. The molecule has 2 heterocycles. The number of hydrogen-bond acceptors (Lipinski definition) is 4. The van der Waals surface area contributed by atoms with E-state index in [4.69, 9.17) is 9.51 Å². The summed E-state index contributed by atoms with van der Waals surface area (Å²) < 4.78 is 5.39. The van der Waals surface area contributed by atoms with Crippen LogP contribution in [0.1, 0.15) is 33.5 Å². The number of aromatic amines is 1. The summed E-state index contributed by atoms with van der Waals surface area (Å²) in [4.78, 5) is 21.6. The molecule has 0 aliphatic rings. The summed E-state index contributed by atoms with van der Waals surface area (Å²) >= 11 is 0. The Morgan fingerprint density at radius 1 is 0.969 bits per heavy atom. The molecule has 0 saturated heterocycles. The third-order valence-electron chi connectivity index (χ3n) is 5.46. The predicted molar refractivity (Wildman–Crippen MR) is 123 cm³/mol. The minimum atomic E-state index is -0.352. The summed E-state index contributed by atoms with van der Waals surface area (Å²) in [5.74, 6) is 0.937. The fraction of sp³-hybridized carbons (Fsp3) is 0.115. The van der Waals surface area contributed by atoms with Crippen molar-refractivity contribution in [3.63, 3.8) is 0 Å². The van der Waals surface area contributed by atoms with Gasteiger partial charge in [0.15, 0.2) is 0 Å². The van der Waals surface area contributed by atoms with Gasteiger partial charge in [0.1, 0.15) is 22.8 Å². The number of rotatable bonds is 6. The molecule has 5 aromatic rings. The molecule has 0 fully saturated rings. The molecular formula is C26H22N4O2. The van der Waals surface area contributed by atoms with Crippen LogP contribution in [0, 0.1) is 6.92 Å². The van der Waals surface area contributed by atoms with E-state index in [0.29, 0.717) is 29.3 Å². The zero-order valence-corrected chi connectivity index (χ0v) is 17.6. The fourth-order valence-corrected chi connectivity index (χ4v) is 3.87. The molecule has 2 N–H and O–H groups in total. The minimum absolute atomic E-state index is 0.246. The molecule has 0 aliphatic carbocycles. The highest BCUT2D eigenvalue weighted by Crippen LogP contribution is 2.27. The molecule has 32 heavy (non-hydrogen) atoms. The number of fused-ring (bicyclic) bond motifs is 1. The molecule has 6 heteroatoms. The Balaban J connectivity index is 1.50. The number of amides is 1. The Labute approximate surface area is 185 Å². The Hall–Kier alpha value is -4.19. The number of benzene rings is 3. The van der Waals surface area contributed by atoms with Crippen LogP contribution in [0.15, 0.2) is 89.5 Å². The first kappa shape index (κ1) is 19.8. The summed E-state index contributed by atoms with van der Waals surface area (Å²) in [6.07, 6.45) is 0.595. The number of nitrogens with one attached hydrogen (secondary N) is 2.